The highest BCUT2D eigenvalue weighted by Crippen LogP contribution is 2.20. The minimum absolute atomic E-state index is 0.122. The molecule has 0 saturated carbocycles. The summed E-state index contributed by atoms with van der Waals surface area (Å²) < 4.78 is 0. The second-order valence-electron chi connectivity index (χ2n) is 3.70. The average Bonchev–Trinajstić information content (AvgIpc) is 2.27. The first-order valence-electron chi connectivity index (χ1n) is 5.65. The maximum Gasteiger partial charge on any atom is 0.251 e. The Balaban J connectivity index is 2.41. The van der Waals surface area contributed by atoms with Crippen molar-refractivity contribution in [3.8, 4) is 11.5 Å². The van der Waals surface area contributed by atoms with Gasteiger partial charge in [-0.3, -0.25) is 4.79 Å². The fourth-order valence-corrected chi connectivity index (χ4v) is 1.42. The summed E-state index contributed by atoms with van der Waals surface area (Å²) in [6.45, 7) is 4.34. The van der Waals surface area contributed by atoms with Crippen LogP contribution in [0.15, 0.2) is 18.2 Å². The van der Waals surface area contributed by atoms with Gasteiger partial charge in [-0.1, -0.05) is 6.92 Å². The first-order valence-corrected chi connectivity index (χ1v) is 5.65. The minimum atomic E-state index is -0.298. The van der Waals surface area contributed by atoms with Crippen LogP contribution in [0.2, 0.25) is 0 Å². The van der Waals surface area contributed by atoms with Crippen LogP contribution < -0.4 is 10.6 Å². The molecule has 1 aromatic carbocycles. The lowest BCUT2D eigenvalue weighted by molar-refractivity contribution is 0.0952. The summed E-state index contributed by atoms with van der Waals surface area (Å²) in [6, 6.07) is 3.82. The number of phenolic OH excluding ortho intramolecular Hbond substituents is 2. The van der Waals surface area contributed by atoms with Crippen molar-refractivity contribution in [2.24, 2.45) is 0 Å². The second kappa shape index (κ2) is 6.75. The van der Waals surface area contributed by atoms with E-state index in [9.17, 15) is 15.0 Å². The van der Waals surface area contributed by atoms with Gasteiger partial charge >= 0.3 is 0 Å². The molecule has 0 fully saturated rings. The smallest absolute Gasteiger partial charge is 0.251 e. The number of aromatic hydroxyl groups is 2. The summed E-state index contributed by atoms with van der Waals surface area (Å²) in [5.41, 5.74) is 0.256. The molecule has 0 saturated heterocycles. The molecule has 0 aliphatic rings. The number of nitrogens with one attached hydrogen (secondary N) is 2. The molecule has 0 radical (unpaired) electrons. The van der Waals surface area contributed by atoms with E-state index >= 15 is 0 Å². The van der Waals surface area contributed by atoms with E-state index in [0.717, 1.165) is 19.5 Å². The zero-order chi connectivity index (χ0) is 12.7. The van der Waals surface area contributed by atoms with Gasteiger partial charge in [-0.15, -0.1) is 0 Å². The number of rotatable bonds is 6. The van der Waals surface area contributed by atoms with Crippen molar-refractivity contribution in [2.75, 3.05) is 19.6 Å². The summed E-state index contributed by atoms with van der Waals surface area (Å²) >= 11 is 0. The third-order valence-electron chi connectivity index (χ3n) is 2.23. The van der Waals surface area contributed by atoms with Crippen molar-refractivity contribution in [3.63, 3.8) is 0 Å². The van der Waals surface area contributed by atoms with E-state index in [1.165, 1.54) is 18.2 Å². The Morgan fingerprint density at radius 1 is 1.18 bits per heavy atom. The van der Waals surface area contributed by atoms with Gasteiger partial charge in [0, 0.05) is 18.2 Å². The van der Waals surface area contributed by atoms with Crippen molar-refractivity contribution < 1.29 is 15.0 Å². The number of amides is 1. The van der Waals surface area contributed by atoms with Gasteiger partial charge < -0.3 is 20.8 Å². The van der Waals surface area contributed by atoms with E-state index in [1.807, 2.05) is 6.92 Å². The SMILES string of the molecule is CCNCCCNC(=O)c1cc(O)cc(O)c1. The van der Waals surface area contributed by atoms with E-state index in [2.05, 4.69) is 10.6 Å². The fraction of sp³-hybridized carbons (Fsp3) is 0.417. The highest BCUT2D eigenvalue weighted by molar-refractivity contribution is 5.94. The summed E-state index contributed by atoms with van der Waals surface area (Å²) in [5.74, 6) is -0.543. The minimum Gasteiger partial charge on any atom is -0.508 e. The summed E-state index contributed by atoms with van der Waals surface area (Å²) in [5, 5.41) is 24.3. The summed E-state index contributed by atoms with van der Waals surface area (Å²) in [4.78, 5) is 11.6. The maximum absolute atomic E-state index is 11.6. The molecule has 0 atom stereocenters. The van der Waals surface area contributed by atoms with Crippen LogP contribution in [0.1, 0.15) is 23.7 Å². The van der Waals surface area contributed by atoms with Crippen LogP contribution in [-0.4, -0.2) is 35.8 Å². The van der Waals surface area contributed by atoms with Gasteiger partial charge in [0.2, 0.25) is 0 Å². The summed E-state index contributed by atoms with van der Waals surface area (Å²) in [7, 11) is 0. The highest BCUT2D eigenvalue weighted by atomic mass is 16.3. The van der Waals surface area contributed by atoms with Crippen LogP contribution in [0.25, 0.3) is 0 Å². The molecular weight excluding hydrogens is 220 g/mol. The topological polar surface area (TPSA) is 81.6 Å². The van der Waals surface area contributed by atoms with Crippen LogP contribution in [0.4, 0.5) is 0 Å². The quantitative estimate of drug-likeness (QED) is 0.553. The third-order valence-corrected chi connectivity index (χ3v) is 2.23. The fourth-order valence-electron chi connectivity index (χ4n) is 1.42. The Bertz CT molecular complexity index is 360. The predicted molar refractivity (Wildman–Crippen MR) is 65.3 cm³/mol. The maximum atomic E-state index is 11.6. The van der Waals surface area contributed by atoms with Crippen molar-refractivity contribution in [3.05, 3.63) is 23.8 Å². The molecule has 5 heteroatoms. The first-order chi connectivity index (χ1) is 8.13. The number of hydrogen-bond donors (Lipinski definition) is 4. The lowest BCUT2D eigenvalue weighted by Gasteiger charge is -2.06. The zero-order valence-corrected chi connectivity index (χ0v) is 9.86. The Kier molecular flexibility index (Phi) is 5.29. The van der Waals surface area contributed by atoms with Crippen LogP contribution >= 0.6 is 0 Å². The van der Waals surface area contributed by atoms with E-state index < -0.39 is 0 Å². The van der Waals surface area contributed by atoms with Gasteiger partial charge in [-0.25, -0.2) is 0 Å². The second-order valence-corrected chi connectivity index (χ2v) is 3.70. The van der Waals surface area contributed by atoms with Crippen molar-refractivity contribution in [1.29, 1.82) is 0 Å². The molecule has 0 aromatic heterocycles. The number of carbonyl (C=O) groups is 1. The molecule has 4 N–H and O–H groups in total. The molecule has 0 unspecified atom stereocenters. The molecular formula is C12H18N2O3. The molecule has 5 nitrogen and oxygen atoms in total. The number of phenols is 2. The predicted octanol–water partition coefficient (Wildman–Crippen LogP) is 0.827. The zero-order valence-electron chi connectivity index (χ0n) is 9.86. The summed E-state index contributed by atoms with van der Waals surface area (Å²) in [6.07, 6.45) is 0.838. The molecule has 17 heavy (non-hydrogen) atoms. The van der Waals surface area contributed by atoms with Crippen LogP contribution in [0.3, 0.4) is 0 Å². The largest absolute Gasteiger partial charge is 0.508 e. The van der Waals surface area contributed by atoms with Crippen molar-refractivity contribution >= 4 is 5.91 Å². The van der Waals surface area contributed by atoms with E-state index in [1.54, 1.807) is 0 Å². The highest BCUT2D eigenvalue weighted by Gasteiger charge is 2.07. The molecule has 0 heterocycles. The normalized spacial score (nSPS) is 10.2. The molecule has 0 bridgehead atoms. The van der Waals surface area contributed by atoms with Gasteiger partial charge in [0.15, 0.2) is 0 Å². The van der Waals surface area contributed by atoms with E-state index in [0.29, 0.717) is 6.54 Å². The lowest BCUT2D eigenvalue weighted by atomic mass is 10.2. The number of carbonyl (C=O) groups excluding carboxylic acids is 1. The number of benzene rings is 1. The Hall–Kier alpha value is -1.75. The van der Waals surface area contributed by atoms with Gasteiger partial charge in [-0.2, -0.15) is 0 Å². The van der Waals surface area contributed by atoms with Crippen molar-refractivity contribution in [2.45, 2.75) is 13.3 Å². The van der Waals surface area contributed by atoms with Gasteiger partial charge in [0.05, 0.1) is 0 Å². The number of hydrogen-bond acceptors (Lipinski definition) is 4. The van der Waals surface area contributed by atoms with Gasteiger partial charge in [0.1, 0.15) is 11.5 Å². The monoisotopic (exact) mass is 238 g/mol. The van der Waals surface area contributed by atoms with Crippen molar-refractivity contribution in [1.82, 2.24) is 10.6 Å². The molecule has 94 valence electrons. The molecule has 1 aromatic rings. The Labute approximate surface area is 100 Å². The molecule has 0 spiro atoms. The average molecular weight is 238 g/mol. The van der Waals surface area contributed by atoms with Crippen LogP contribution in [-0.2, 0) is 0 Å². The molecule has 1 rings (SSSR count). The van der Waals surface area contributed by atoms with Gasteiger partial charge in [0.25, 0.3) is 5.91 Å². The van der Waals surface area contributed by atoms with Crippen LogP contribution in [0.5, 0.6) is 11.5 Å². The molecule has 1 amide bonds. The standard InChI is InChI=1S/C12H18N2O3/c1-2-13-4-3-5-14-12(17)9-6-10(15)8-11(16)7-9/h6-8,13,15-16H,2-5H2,1H3,(H,14,17). The van der Waals surface area contributed by atoms with E-state index in [4.69, 9.17) is 0 Å². The van der Waals surface area contributed by atoms with Gasteiger partial charge in [-0.05, 0) is 31.6 Å². The van der Waals surface area contributed by atoms with E-state index in [-0.39, 0.29) is 23.0 Å². The lowest BCUT2D eigenvalue weighted by Crippen LogP contribution is -2.27. The Morgan fingerprint density at radius 2 is 1.82 bits per heavy atom. The van der Waals surface area contributed by atoms with Crippen LogP contribution in [0, 0.1) is 0 Å². The molecule has 0 aliphatic carbocycles. The first kappa shape index (κ1) is 13.3. The Morgan fingerprint density at radius 3 is 2.41 bits per heavy atom. The molecule has 0 aliphatic heterocycles. The third kappa shape index (κ3) is 4.74.